The van der Waals surface area contributed by atoms with Gasteiger partial charge in [-0.1, -0.05) is 0 Å². The van der Waals surface area contributed by atoms with Gasteiger partial charge in [0, 0.05) is 12.2 Å². The smallest absolute Gasteiger partial charge is 0.335 e. The van der Waals surface area contributed by atoms with Gasteiger partial charge >= 0.3 is 5.97 Å². The Kier molecular flexibility index (Phi) is 4.67. The van der Waals surface area contributed by atoms with Crippen LogP contribution >= 0.6 is 11.8 Å². The third-order valence-corrected chi connectivity index (χ3v) is 4.08. The van der Waals surface area contributed by atoms with Gasteiger partial charge < -0.3 is 15.7 Å². The number of benzene rings is 1. The van der Waals surface area contributed by atoms with Crippen molar-refractivity contribution in [2.45, 2.75) is 18.9 Å². The van der Waals surface area contributed by atoms with Crippen LogP contribution in [0.4, 0.5) is 5.69 Å². The molecular weight excluding hydrogens is 276 g/mol. The Hall–Kier alpha value is -1.53. The van der Waals surface area contributed by atoms with Crippen molar-refractivity contribution in [1.29, 1.82) is 0 Å². The van der Waals surface area contributed by atoms with Gasteiger partial charge in [0.2, 0.25) is 5.91 Å². The number of carbonyl (C=O) groups is 2. The number of nitrogens with two attached hydrogens (primary N) is 1. The third kappa shape index (κ3) is 2.96. The first-order valence-electron chi connectivity index (χ1n) is 6.46. The van der Waals surface area contributed by atoms with E-state index in [2.05, 4.69) is 0 Å². The van der Waals surface area contributed by atoms with E-state index in [0.29, 0.717) is 19.4 Å². The number of fused-ring (bicyclic) bond motifs is 1. The first-order chi connectivity index (χ1) is 9.54. The zero-order chi connectivity index (χ0) is 14.7. The number of thioether (sulfide) groups is 1. The molecule has 1 amide bonds. The van der Waals surface area contributed by atoms with Crippen molar-refractivity contribution < 1.29 is 14.7 Å². The number of amides is 1. The second-order valence-corrected chi connectivity index (χ2v) is 5.76. The van der Waals surface area contributed by atoms with Gasteiger partial charge in [-0.25, -0.2) is 4.79 Å². The highest BCUT2D eigenvalue weighted by atomic mass is 32.2. The summed E-state index contributed by atoms with van der Waals surface area (Å²) < 4.78 is 0. The second-order valence-electron chi connectivity index (χ2n) is 4.78. The molecule has 108 valence electrons. The molecule has 1 aromatic rings. The van der Waals surface area contributed by atoms with Crippen molar-refractivity contribution in [3.05, 3.63) is 29.3 Å². The van der Waals surface area contributed by atoms with Crippen LogP contribution in [0, 0.1) is 0 Å². The predicted octanol–water partition coefficient (Wildman–Crippen LogP) is 1.35. The van der Waals surface area contributed by atoms with E-state index in [0.717, 1.165) is 17.0 Å². The molecule has 0 aromatic heterocycles. The number of hydrogen-bond donors (Lipinski definition) is 2. The summed E-state index contributed by atoms with van der Waals surface area (Å²) >= 11 is 1.66. The summed E-state index contributed by atoms with van der Waals surface area (Å²) in [5.41, 5.74) is 7.86. The topological polar surface area (TPSA) is 83.6 Å². The molecule has 0 fully saturated rings. The monoisotopic (exact) mass is 294 g/mol. The zero-order valence-corrected chi connectivity index (χ0v) is 12.2. The Morgan fingerprint density at radius 2 is 2.25 bits per heavy atom. The highest BCUT2D eigenvalue weighted by Gasteiger charge is 2.28. The average Bonchev–Trinajstić information content (AvgIpc) is 2.86. The lowest BCUT2D eigenvalue weighted by Gasteiger charge is -2.21. The molecule has 2 rings (SSSR count). The Morgan fingerprint density at radius 1 is 1.50 bits per heavy atom. The maximum Gasteiger partial charge on any atom is 0.335 e. The molecule has 0 saturated carbocycles. The minimum Gasteiger partial charge on any atom is -0.478 e. The van der Waals surface area contributed by atoms with E-state index in [1.165, 1.54) is 6.07 Å². The fraction of sp³-hybridized carbons (Fsp3) is 0.429. The second kappa shape index (κ2) is 6.28. The average molecular weight is 294 g/mol. The summed E-state index contributed by atoms with van der Waals surface area (Å²) in [6.07, 6.45) is 3.31. The minimum atomic E-state index is -0.950. The maximum absolute atomic E-state index is 12.3. The van der Waals surface area contributed by atoms with Crippen LogP contribution in [0.5, 0.6) is 0 Å². The Morgan fingerprint density at radius 3 is 2.90 bits per heavy atom. The highest BCUT2D eigenvalue weighted by molar-refractivity contribution is 7.98. The molecule has 1 aliphatic heterocycles. The van der Waals surface area contributed by atoms with Crippen LogP contribution in [0.15, 0.2) is 18.2 Å². The number of anilines is 1. The van der Waals surface area contributed by atoms with Gasteiger partial charge in [0.05, 0.1) is 11.6 Å². The first-order valence-corrected chi connectivity index (χ1v) is 7.86. The number of hydrogen-bond acceptors (Lipinski definition) is 4. The molecule has 1 heterocycles. The molecule has 0 saturated heterocycles. The molecule has 0 radical (unpaired) electrons. The largest absolute Gasteiger partial charge is 0.478 e. The normalized spacial score (nSPS) is 15.0. The van der Waals surface area contributed by atoms with Crippen LogP contribution in [0.2, 0.25) is 0 Å². The number of carboxylic acids is 1. The lowest BCUT2D eigenvalue weighted by molar-refractivity contribution is -0.119. The van der Waals surface area contributed by atoms with Crippen LogP contribution in [0.3, 0.4) is 0 Å². The standard InChI is InChI=1S/C14H18N2O3S/c1-20-7-5-11(15)13(17)16-6-4-9-8-10(14(18)19)2-3-12(9)16/h2-3,8,11H,4-7,15H2,1H3,(H,18,19)/t11-/m0/s1. The number of carbonyl (C=O) groups excluding carboxylic acids is 1. The Labute approximate surface area is 122 Å². The van der Waals surface area contributed by atoms with Crippen molar-refractivity contribution in [2.75, 3.05) is 23.5 Å². The lowest BCUT2D eigenvalue weighted by Crippen LogP contribution is -2.43. The van der Waals surface area contributed by atoms with Gasteiger partial charge in [-0.2, -0.15) is 11.8 Å². The van der Waals surface area contributed by atoms with Crippen molar-refractivity contribution in [1.82, 2.24) is 0 Å². The molecule has 6 heteroatoms. The van der Waals surface area contributed by atoms with Crippen LogP contribution < -0.4 is 10.6 Å². The van der Waals surface area contributed by atoms with E-state index in [1.807, 2.05) is 6.26 Å². The van der Waals surface area contributed by atoms with Gasteiger partial charge in [0.1, 0.15) is 0 Å². The van der Waals surface area contributed by atoms with E-state index in [4.69, 9.17) is 10.8 Å². The van der Waals surface area contributed by atoms with E-state index in [1.54, 1.807) is 28.8 Å². The predicted molar refractivity (Wildman–Crippen MR) is 80.4 cm³/mol. The molecule has 0 unspecified atom stereocenters. The SMILES string of the molecule is CSCC[C@H](N)C(=O)N1CCc2cc(C(=O)O)ccc21. The van der Waals surface area contributed by atoms with Crippen LogP contribution in [-0.2, 0) is 11.2 Å². The molecule has 1 aliphatic rings. The first kappa shape index (κ1) is 14.9. The van der Waals surface area contributed by atoms with Crippen molar-refractivity contribution in [3.8, 4) is 0 Å². The van der Waals surface area contributed by atoms with E-state index in [9.17, 15) is 9.59 Å². The summed E-state index contributed by atoms with van der Waals surface area (Å²) in [6, 6.07) is 4.37. The van der Waals surface area contributed by atoms with Gasteiger partial charge in [0.25, 0.3) is 0 Å². The van der Waals surface area contributed by atoms with Crippen LogP contribution in [0.25, 0.3) is 0 Å². The van der Waals surface area contributed by atoms with Crippen molar-refractivity contribution >= 4 is 29.3 Å². The summed E-state index contributed by atoms with van der Waals surface area (Å²) in [4.78, 5) is 24.9. The number of carboxylic acid groups (broad SMARTS) is 1. The zero-order valence-electron chi connectivity index (χ0n) is 11.3. The van der Waals surface area contributed by atoms with Gasteiger partial charge in [-0.3, -0.25) is 4.79 Å². The van der Waals surface area contributed by atoms with E-state index < -0.39 is 12.0 Å². The number of nitrogens with zero attached hydrogens (tertiary/aromatic N) is 1. The number of rotatable bonds is 5. The molecule has 0 spiro atoms. The maximum atomic E-state index is 12.3. The summed E-state index contributed by atoms with van der Waals surface area (Å²) in [5.74, 6) is -0.180. The van der Waals surface area contributed by atoms with E-state index in [-0.39, 0.29) is 11.5 Å². The molecule has 20 heavy (non-hydrogen) atoms. The van der Waals surface area contributed by atoms with Crippen molar-refractivity contribution in [3.63, 3.8) is 0 Å². The van der Waals surface area contributed by atoms with E-state index >= 15 is 0 Å². The molecule has 1 atom stereocenters. The number of aromatic carboxylic acids is 1. The lowest BCUT2D eigenvalue weighted by atomic mass is 10.1. The summed E-state index contributed by atoms with van der Waals surface area (Å²) in [7, 11) is 0. The van der Waals surface area contributed by atoms with Gasteiger partial charge in [-0.15, -0.1) is 0 Å². The molecule has 1 aromatic carbocycles. The Bertz CT molecular complexity index is 533. The summed E-state index contributed by atoms with van der Waals surface area (Å²) in [5, 5.41) is 8.97. The minimum absolute atomic E-state index is 0.0825. The highest BCUT2D eigenvalue weighted by Crippen LogP contribution is 2.29. The van der Waals surface area contributed by atoms with Gasteiger partial charge in [0.15, 0.2) is 0 Å². The van der Waals surface area contributed by atoms with Gasteiger partial charge in [-0.05, 0) is 48.6 Å². The molecule has 3 N–H and O–H groups in total. The van der Waals surface area contributed by atoms with Crippen molar-refractivity contribution in [2.24, 2.45) is 5.73 Å². The summed E-state index contributed by atoms with van der Waals surface area (Å²) in [6.45, 7) is 0.574. The fourth-order valence-corrected chi connectivity index (χ4v) is 2.82. The van der Waals surface area contributed by atoms with Crippen LogP contribution in [-0.4, -0.2) is 41.6 Å². The Balaban J connectivity index is 2.15. The fourth-order valence-electron chi connectivity index (χ4n) is 2.33. The third-order valence-electron chi connectivity index (χ3n) is 3.44. The molecule has 0 aliphatic carbocycles. The molecular formula is C14H18N2O3S. The molecule has 0 bridgehead atoms. The quantitative estimate of drug-likeness (QED) is 0.856. The van der Waals surface area contributed by atoms with Crippen LogP contribution in [0.1, 0.15) is 22.3 Å². The molecule has 5 nitrogen and oxygen atoms in total.